The number of thioether (sulfide) groups is 1. The fraction of sp³-hybridized carbons (Fsp3) is 0.929. The summed E-state index contributed by atoms with van der Waals surface area (Å²) in [5.74, 6) is 1.48. The average Bonchev–Trinajstić information content (AvgIpc) is 3.09. The SMILES string of the molecule is CCSC1CCCC1NCC(=O)N(CC)C1CC1. The summed E-state index contributed by atoms with van der Waals surface area (Å²) < 4.78 is 0. The van der Waals surface area contributed by atoms with Crippen LogP contribution in [-0.4, -0.2) is 47.0 Å². The number of likely N-dealkylation sites (N-methyl/N-ethyl adjacent to an activating group) is 1. The van der Waals surface area contributed by atoms with Crippen LogP contribution < -0.4 is 5.32 Å². The molecule has 2 aliphatic rings. The molecule has 0 aromatic carbocycles. The lowest BCUT2D eigenvalue weighted by Gasteiger charge is -2.24. The fourth-order valence-corrected chi connectivity index (χ4v) is 4.14. The average molecular weight is 270 g/mol. The molecular formula is C14H26N2OS. The topological polar surface area (TPSA) is 32.3 Å². The smallest absolute Gasteiger partial charge is 0.236 e. The van der Waals surface area contributed by atoms with E-state index >= 15 is 0 Å². The summed E-state index contributed by atoms with van der Waals surface area (Å²) in [4.78, 5) is 14.2. The predicted molar refractivity (Wildman–Crippen MR) is 78.0 cm³/mol. The Morgan fingerprint density at radius 1 is 1.28 bits per heavy atom. The molecule has 0 saturated heterocycles. The molecule has 2 fully saturated rings. The van der Waals surface area contributed by atoms with Gasteiger partial charge in [-0.3, -0.25) is 4.79 Å². The molecule has 0 bridgehead atoms. The molecule has 2 aliphatic carbocycles. The molecule has 4 heteroatoms. The van der Waals surface area contributed by atoms with Crippen LogP contribution in [0.15, 0.2) is 0 Å². The highest BCUT2D eigenvalue weighted by molar-refractivity contribution is 7.99. The lowest BCUT2D eigenvalue weighted by atomic mass is 10.2. The van der Waals surface area contributed by atoms with Crippen LogP contribution >= 0.6 is 11.8 Å². The predicted octanol–water partition coefficient (Wildman–Crippen LogP) is 2.26. The molecule has 2 saturated carbocycles. The molecule has 0 aromatic rings. The third-order valence-electron chi connectivity index (χ3n) is 4.00. The maximum Gasteiger partial charge on any atom is 0.236 e. The Kier molecular flexibility index (Phi) is 5.37. The molecule has 3 nitrogen and oxygen atoms in total. The number of nitrogens with zero attached hydrogens (tertiary/aromatic N) is 1. The zero-order chi connectivity index (χ0) is 13.0. The van der Waals surface area contributed by atoms with Crippen molar-refractivity contribution in [2.75, 3.05) is 18.8 Å². The zero-order valence-electron chi connectivity index (χ0n) is 11.7. The van der Waals surface area contributed by atoms with Crippen LogP contribution in [0.25, 0.3) is 0 Å². The summed E-state index contributed by atoms with van der Waals surface area (Å²) in [5, 5.41) is 4.22. The lowest BCUT2D eigenvalue weighted by Crippen LogP contribution is -2.44. The van der Waals surface area contributed by atoms with Crippen LogP contribution in [0, 0.1) is 0 Å². The van der Waals surface area contributed by atoms with Crippen molar-refractivity contribution in [2.24, 2.45) is 0 Å². The van der Waals surface area contributed by atoms with Gasteiger partial charge in [-0.1, -0.05) is 13.3 Å². The highest BCUT2D eigenvalue weighted by Crippen LogP contribution is 2.30. The lowest BCUT2D eigenvalue weighted by molar-refractivity contribution is -0.130. The fourth-order valence-electron chi connectivity index (χ4n) is 2.92. The first-order valence-corrected chi connectivity index (χ1v) is 8.45. The minimum atomic E-state index is 0.298. The number of carbonyl (C=O) groups excluding carboxylic acids is 1. The van der Waals surface area contributed by atoms with Crippen LogP contribution in [-0.2, 0) is 4.79 Å². The summed E-state index contributed by atoms with van der Waals surface area (Å²) in [6.45, 7) is 5.71. The summed E-state index contributed by atoms with van der Waals surface area (Å²) in [7, 11) is 0. The quantitative estimate of drug-likeness (QED) is 0.770. The number of nitrogens with one attached hydrogen (secondary N) is 1. The molecule has 1 amide bonds. The Hall–Kier alpha value is -0.220. The Morgan fingerprint density at radius 3 is 2.67 bits per heavy atom. The van der Waals surface area contributed by atoms with Crippen LogP contribution in [0.1, 0.15) is 46.0 Å². The molecule has 2 rings (SSSR count). The van der Waals surface area contributed by atoms with E-state index in [9.17, 15) is 4.79 Å². The van der Waals surface area contributed by atoms with Gasteiger partial charge in [-0.2, -0.15) is 11.8 Å². The van der Waals surface area contributed by atoms with E-state index in [1.807, 2.05) is 16.7 Å². The second-order valence-electron chi connectivity index (χ2n) is 5.32. The van der Waals surface area contributed by atoms with Gasteiger partial charge in [-0.15, -0.1) is 0 Å². The summed E-state index contributed by atoms with van der Waals surface area (Å²) in [5.41, 5.74) is 0. The van der Waals surface area contributed by atoms with Gasteiger partial charge in [0.1, 0.15) is 0 Å². The van der Waals surface area contributed by atoms with E-state index < -0.39 is 0 Å². The molecule has 0 aromatic heterocycles. The molecular weight excluding hydrogens is 244 g/mol. The van der Waals surface area contributed by atoms with Crippen molar-refractivity contribution in [1.82, 2.24) is 10.2 Å². The molecule has 0 aliphatic heterocycles. The second-order valence-corrected chi connectivity index (χ2v) is 6.84. The number of hydrogen-bond acceptors (Lipinski definition) is 3. The van der Waals surface area contributed by atoms with E-state index in [1.165, 1.54) is 37.9 Å². The molecule has 104 valence electrons. The van der Waals surface area contributed by atoms with E-state index in [0.29, 0.717) is 24.5 Å². The minimum absolute atomic E-state index is 0.298. The summed E-state index contributed by atoms with van der Waals surface area (Å²) in [6.07, 6.45) is 6.27. The summed E-state index contributed by atoms with van der Waals surface area (Å²) in [6, 6.07) is 1.10. The molecule has 0 heterocycles. The van der Waals surface area contributed by atoms with Crippen molar-refractivity contribution in [3.05, 3.63) is 0 Å². The monoisotopic (exact) mass is 270 g/mol. The number of rotatable bonds is 7. The van der Waals surface area contributed by atoms with E-state index in [-0.39, 0.29) is 0 Å². The van der Waals surface area contributed by atoms with E-state index in [4.69, 9.17) is 0 Å². The van der Waals surface area contributed by atoms with Crippen LogP contribution in [0.2, 0.25) is 0 Å². The van der Waals surface area contributed by atoms with Crippen LogP contribution in [0.4, 0.5) is 0 Å². The maximum absolute atomic E-state index is 12.1. The largest absolute Gasteiger partial charge is 0.339 e. The highest BCUT2D eigenvalue weighted by Gasteiger charge is 2.32. The van der Waals surface area contributed by atoms with Crippen LogP contribution in [0.3, 0.4) is 0 Å². The van der Waals surface area contributed by atoms with Gasteiger partial charge in [-0.25, -0.2) is 0 Å². The number of carbonyl (C=O) groups is 1. The van der Waals surface area contributed by atoms with Gasteiger partial charge >= 0.3 is 0 Å². The number of amides is 1. The third-order valence-corrected chi connectivity index (χ3v) is 5.32. The van der Waals surface area contributed by atoms with Gasteiger partial charge in [-0.05, 0) is 38.4 Å². The van der Waals surface area contributed by atoms with Crippen molar-refractivity contribution in [2.45, 2.75) is 63.3 Å². The third kappa shape index (κ3) is 3.64. The van der Waals surface area contributed by atoms with Gasteiger partial charge in [0, 0.05) is 23.9 Å². The van der Waals surface area contributed by atoms with Crippen LogP contribution in [0.5, 0.6) is 0 Å². The highest BCUT2D eigenvalue weighted by atomic mass is 32.2. The Labute approximate surface area is 115 Å². The molecule has 0 spiro atoms. The molecule has 2 unspecified atom stereocenters. The first-order valence-electron chi connectivity index (χ1n) is 7.40. The Morgan fingerprint density at radius 2 is 2.06 bits per heavy atom. The summed E-state index contributed by atoms with van der Waals surface area (Å²) >= 11 is 2.04. The van der Waals surface area contributed by atoms with E-state index in [2.05, 4.69) is 19.2 Å². The maximum atomic E-state index is 12.1. The molecule has 2 atom stereocenters. The molecule has 18 heavy (non-hydrogen) atoms. The Balaban J connectivity index is 1.74. The van der Waals surface area contributed by atoms with Gasteiger partial charge in [0.05, 0.1) is 6.54 Å². The van der Waals surface area contributed by atoms with Crippen molar-refractivity contribution in [3.8, 4) is 0 Å². The first-order chi connectivity index (χ1) is 8.76. The standard InChI is InChI=1S/C14H26N2OS/c1-3-16(11-8-9-11)14(17)10-15-12-6-5-7-13(12)18-4-2/h11-13,15H,3-10H2,1-2H3. The van der Waals surface area contributed by atoms with Gasteiger partial charge in [0.2, 0.25) is 5.91 Å². The van der Waals surface area contributed by atoms with Crippen molar-refractivity contribution < 1.29 is 4.79 Å². The Bertz CT molecular complexity index is 281. The van der Waals surface area contributed by atoms with Crippen molar-refractivity contribution in [3.63, 3.8) is 0 Å². The van der Waals surface area contributed by atoms with E-state index in [0.717, 1.165) is 11.8 Å². The van der Waals surface area contributed by atoms with Gasteiger partial charge in [0.15, 0.2) is 0 Å². The van der Waals surface area contributed by atoms with Crippen molar-refractivity contribution >= 4 is 17.7 Å². The number of hydrogen-bond donors (Lipinski definition) is 1. The zero-order valence-corrected chi connectivity index (χ0v) is 12.5. The van der Waals surface area contributed by atoms with E-state index in [1.54, 1.807) is 0 Å². The minimum Gasteiger partial charge on any atom is -0.339 e. The van der Waals surface area contributed by atoms with Crippen molar-refractivity contribution in [1.29, 1.82) is 0 Å². The van der Waals surface area contributed by atoms with Gasteiger partial charge < -0.3 is 10.2 Å². The molecule has 0 radical (unpaired) electrons. The second kappa shape index (κ2) is 6.80. The molecule has 1 N–H and O–H groups in total. The van der Waals surface area contributed by atoms with Gasteiger partial charge in [0.25, 0.3) is 0 Å². The first kappa shape index (κ1) is 14.2. The normalized spacial score (nSPS) is 27.4.